The predicted octanol–water partition coefficient (Wildman–Crippen LogP) is 7.25. The van der Waals surface area contributed by atoms with Crippen LogP contribution in [-0.2, 0) is 7.05 Å². The largest absolute Gasteiger partial charge is 0.352 e. The molecule has 154 valence electrons. The van der Waals surface area contributed by atoms with Crippen molar-refractivity contribution in [2.45, 2.75) is 0 Å². The van der Waals surface area contributed by atoms with Gasteiger partial charge in [-0.25, -0.2) is 8.78 Å². The first-order chi connectivity index (χ1) is 14.9. The zero-order valence-electron chi connectivity index (χ0n) is 16.1. The monoisotopic (exact) mass is 542 g/mol. The average molecular weight is 544 g/mol. The number of hydrogen-bond donors (Lipinski definition) is 1. The maximum absolute atomic E-state index is 13.7. The van der Waals surface area contributed by atoms with E-state index >= 15 is 0 Å². The number of fused-ring (bicyclic) bond motifs is 6. The molecular weight excluding hydrogens is 530 g/mol. The van der Waals surface area contributed by atoms with Crippen LogP contribution >= 0.6 is 31.9 Å². The van der Waals surface area contributed by atoms with Gasteiger partial charge in [0.25, 0.3) is 0 Å². The van der Waals surface area contributed by atoms with Crippen LogP contribution in [0.1, 0.15) is 0 Å². The molecule has 2 aromatic carbocycles. The van der Waals surface area contributed by atoms with Crippen LogP contribution < -0.4 is 0 Å². The van der Waals surface area contributed by atoms with Gasteiger partial charge in [-0.3, -0.25) is 9.97 Å². The van der Waals surface area contributed by atoms with E-state index in [9.17, 15) is 8.78 Å². The van der Waals surface area contributed by atoms with E-state index in [1.54, 1.807) is 12.4 Å². The molecule has 8 heteroatoms. The van der Waals surface area contributed by atoms with E-state index in [0.717, 1.165) is 41.5 Å². The number of aryl methyl sites for hydroxylation is 1. The zero-order valence-corrected chi connectivity index (χ0v) is 19.3. The van der Waals surface area contributed by atoms with Crippen molar-refractivity contribution in [2.24, 2.45) is 7.05 Å². The van der Waals surface area contributed by atoms with Crippen molar-refractivity contribution in [1.29, 1.82) is 0 Å². The molecule has 0 unspecified atom stereocenters. The highest BCUT2D eigenvalue weighted by atomic mass is 79.9. The van der Waals surface area contributed by atoms with Gasteiger partial charge in [0.15, 0.2) is 11.6 Å². The topological polar surface area (TPSA) is 46.5 Å². The normalized spacial score (nSPS) is 11.4. The van der Waals surface area contributed by atoms with Gasteiger partial charge in [0, 0.05) is 55.4 Å². The second-order valence-electron chi connectivity index (χ2n) is 7.10. The van der Waals surface area contributed by atoms with Gasteiger partial charge in [0.05, 0.1) is 28.9 Å². The number of rotatable bonds is 0. The van der Waals surface area contributed by atoms with E-state index in [1.807, 2.05) is 48.0 Å². The van der Waals surface area contributed by atoms with E-state index < -0.39 is 0 Å². The summed E-state index contributed by atoms with van der Waals surface area (Å²) < 4.78 is 30.9. The Hall–Kier alpha value is -2.84. The average Bonchev–Trinajstić information content (AvgIpc) is 3.25. The highest BCUT2D eigenvalue weighted by Crippen LogP contribution is 2.31. The Bertz CT molecular complexity index is 1600. The minimum Gasteiger partial charge on any atom is -0.352 e. The Kier molecular flexibility index (Phi) is 4.98. The van der Waals surface area contributed by atoms with E-state index in [4.69, 9.17) is 0 Å². The van der Waals surface area contributed by atoms with Crippen molar-refractivity contribution in [3.63, 3.8) is 0 Å². The van der Waals surface area contributed by atoms with Crippen LogP contribution in [0.15, 0.2) is 70.1 Å². The molecule has 6 rings (SSSR count). The summed E-state index contributed by atoms with van der Waals surface area (Å²) in [5, 5.41) is 3.68. The van der Waals surface area contributed by atoms with Gasteiger partial charge in [0.2, 0.25) is 0 Å². The fourth-order valence-corrected chi connectivity index (χ4v) is 4.56. The number of aromatic amines is 1. The second-order valence-corrected chi connectivity index (χ2v) is 8.93. The van der Waals surface area contributed by atoms with Crippen LogP contribution in [0, 0.1) is 11.6 Å². The molecule has 0 saturated carbocycles. The number of nitrogens with zero attached hydrogens (tertiary/aromatic N) is 3. The fraction of sp³-hybridized carbons (Fsp3) is 0.0435. The lowest BCUT2D eigenvalue weighted by Crippen LogP contribution is -1.90. The summed E-state index contributed by atoms with van der Waals surface area (Å²) in [7, 11) is 1.86. The Labute approximate surface area is 192 Å². The summed E-state index contributed by atoms with van der Waals surface area (Å²) >= 11 is 6.80. The molecule has 0 atom stereocenters. The molecule has 4 heterocycles. The number of pyridine rings is 2. The molecule has 0 aliphatic heterocycles. The SMILES string of the molecule is Cn1c2cc(Br)ccc2c2cncc(F)c21.Fc1cncc2c1[nH]c1cc(Br)ccc12. The maximum Gasteiger partial charge on any atom is 0.165 e. The molecular formula is C23H14Br2F2N4. The molecule has 0 radical (unpaired) electrons. The first-order valence-corrected chi connectivity index (χ1v) is 10.9. The van der Waals surface area contributed by atoms with Crippen molar-refractivity contribution in [2.75, 3.05) is 0 Å². The van der Waals surface area contributed by atoms with Crippen molar-refractivity contribution in [3.05, 3.63) is 81.8 Å². The van der Waals surface area contributed by atoms with E-state index in [2.05, 4.69) is 46.8 Å². The molecule has 0 spiro atoms. The Morgan fingerprint density at radius 3 is 2.19 bits per heavy atom. The summed E-state index contributed by atoms with van der Waals surface area (Å²) in [6, 6.07) is 11.7. The molecule has 0 aliphatic carbocycles. The highest BCUT2D eigenvalue weighted by Gasteiger charge is 2.12. The maximum atomic E-state index is 13.7. The number of aromatic nitrogens is 4. The quantitative estimate of drug-likeness (QED) is 0.219. The van der Waals surface area contributed by atoms with Crippen LogP contribution in [0.5, 0.6) is 0 Å². The second kappa shape index (κ2) is 7.69. The Morgan fingerprint density at radius 2 is 1.42 bits per heavy atom. The third kappa shape index (κ3) is 3.40. The van der Waals surface area contributed by atoms with Crippen molar-refractivity contribution in [3.8, 4) is 0 Å². The molecule has 0 saturated heterocycles. The molecule has 6 aromatic rings. The summed E-state index contributed by atoms with van der Waals surface area (Å²) in [6.45, 7) is 0. The third-order valence-corrected chi connectivity index (χ3v) is 6.24. The number of benzene rings is 2. The van der Waals surface area contributed by atoms with Crippen molar-refractivity contribution in [1.82, 2.24) is 19.5 Å². The first-order valence-electron chi connectivity index (χ1n) is 9.31. The highest BCUT2D eigenvalue weighted by molar-refractivity contribution is 9.10. The summed E-state index contributed by atoms with van der Waals surface area (Å²) in [4.78, 5) is 10.8. The molecule has 4 aromatic heterocycles. The molecule has 0 amide bonds. The van der Waals surface area contributed by atoms with Gasteiger partial charge in [-0.05, 0) is 24.3 Å². The lowest BCUT2D eigenvalue weighted by atomic mass is 10.2. The third-order valence-electron chi connectivity index (χ3n) is 5.25. The molecule has 1 N–H and O–H groups in total. The van der Waals surface area contributed by atoms with Crippen LogP contribution in [0.4, 0.5) is 8.78 Å². The molecule has 4 nitrogen and oxygen atoms in total. The summed E-state index contributed by atoms with van der Waals surface area (Å²) in [6.07, 6.45) is 5.84. The predicted molar refractivity (Wildman–Crippen MR) is 127 cm³/mol. The van der Waals surface area contributed by atoms with Crippen LogP contribution in [0.25, 0.3) is 43.6 Å². The molecule has 0 aliphatic rings. The zero-order chi connectivity index (χ0) is 21.7. The van der Waals surface area contributed by atoms with Crippen LogP contribution in [0.2, 0.25) is 0 Å². The van der Waals surface area contributed by atoms with Gasteiger partial charge in [-0.1, -0.05) is 44.0 Å². The van der Waals surface area contributed by atoms with Gasteiger partial charge in [-0.15, -0.1) is 0 Å². The Balaban J connectivity index is 0.000000132. The Morgan fingerprint density at radius 1 is 0.774 bits per heavy atom. The number of halogens is 4. The number of nitrogens with one attached hydrogen (secondary N) is 1. The fourth-order valence-electron chi connectivity index (χ4n) is 3.85. The molecule has 31 heavy (non-hydrogen) atoms. The summed E-state index contributed by atoms with van der Waals surface area (Å²) in [5.41, 5.74) is 3.02. The number of H-pyrrole nitrogens is 1. The van der Waals surface area contributed by atoms with Gasteiger partial charge in [0.1, 0.15) is 0 Å². The standard InChI is InChI=1S/C12H8BrFN2.C11H6BrFN2/c1-16-11-4-7(13)2-3-8(11)9-5-15-6-10(14)12(9)16;12-6-1-2-7-8-4-14-5-9(13)11(8)15-10(7)3-6/h2-6H,1H3;1-5,15H. The minimum atomic E-state index is -0.320. The van der Waals surface area contributed by atoms with Crippen molar-refractivity contribution < 1.29 is 8.78 Å². The minimum absolute atomic E-state index is 0.285. The van der Waals surface area contributed by atoms with E-state index in [-0.39, 0.29) is 11.6 Å². The summed E-state index contributed by atoms with van der Waals surface area (Å²) in [5.74, 6) is -0.604. The van der Waals surface area contributed by atoms with Crippen LogP contribution in [0.3, 0.4) is 0 Å². The lowest BCUT2D eigenvalue weighted by molar-refractivity contribution is 0.627. The van der Waals surface area contributed by atoms with Crippen molar-refractivity contribution >= 4 is 75.5 Å². The van der Waals surface area contributed by atoms with E-state index in [1.165, 1.54) is 12.4 Å². The number of hydrogen-bond acceptors (Lipinski definition) is 2. The van der Waals surface area contributed by atoms with Crippen LogP contribution in [-0.4, -0.2) is 19.5 Å². The van der Waals surface area contributed by atoms with Gasteiger partial charge >= 0.3 is 0 Å². The lowest BCUT2D eigenvalue weighted by Gasteiger charge is -1.98. The van der Waals surface area contributed by atoms with Gasteiger partial charge in [-0.2, -0.15) is 0 Å². The van der Waals surface area contributed by atoms with E-state index in [0.29, 0.717) is 11.0 Å². The van der Waals surface area contributed by atoms with Gasteiger partial charge < -0.3 is 9.55 Å². The smallest absolute Gasteiger partial charge is 0.165 e. The molecule has 0 bridgehead atoms. The first kappa shape index (κ1) is 20.1. The molecule has 0 fully saturated rings.